The van der Waals surface area contributed by atoms with Crippen LogP contribution in [-0.4, -0.2) is 17.5 Å². The molecular weight excluding hydrogens is 412 g/mol. The standard InChI is InChI=1S/C17H12BrClN2O2S/c18-11-5-7-12(8-6-11)23-9-16(22)21-17-20-15(10-24-17)13-3-1-2-4-14(13)19/h1-8,10H,9H2,(H,20,21,22). The van der Waals surface area contributed by atoms with E-state index in [9.17, 15) is 4.79 Å². The van der Waals surface area contributed by atoms with Crippen molar-refractivity contribution in [1.82, 2.24) is 4.98 Å². The number of ether oxygens (including phenoxy) is 1. The summed E-state index contributed by atoms with van der Waals surface area (Å²) >= 11 is 10.8. The van der Waals surface area contributed by atoms with Crippen LogP contribution in [0.25, 0.3) is 11.3 Å². The van der Waals surface area contributed by atoms with Crippen molar-refractivity contribution in [2.75, 3.05) is 11.9 Å². The van der Waals surface area contributed by atoms with Crippen LogP contribution in [0.5, 0.6) is 5.75 Å². The fraction of sp³-hybridized carbons (Fsp3) is 0.0588. The number of hydrogen-bond acceptors (Lipinski definition) is 4. The van der Waals surface area contributed by atoms with Crippen LogP contribution in [0.1, 0.15) is 0 Å². The molecule has 0 aliphatic carbocycles. The molecule has 0 saturated carbocycles. The maximum atomic E-state index is 12.0. The summed E-state index contributed by atoms with van der Waals surface area (Å²) in [7, 11) is 0. The van der Waals surface area contributed by atoms with Crippen molar-refractivity contribution in [3.63, 3.8) is 0 Å². The highest BCUT2D eigenvalue weighted by Gasteiger charge is 2.10. The third kappa shape index (κ3) is 4.35. The van der Waals surface area contributed by atoms with Gasteiger partial charge in [0.05, 0.1) is 5.69 Å². The fourth-order valence-electron chi connectivity index (χ4n) is 1.96. The summed E-state index contributed by atoms with van der Waals surface area (Å²) in [6.07, 6.45) is 0. The summed E-state index contributed by atoms with van der Waals surface area (Å²) in [4.78, 5) is 16.3. The van der Waals surface area contributed by atoms with E-state index in [1.54, 1.807) is 18.2 Å². The van der Waals surface area contributed by atoms with Crippen molar-refractivity contribution < 1.29 is 9.53 Å². The van der Waals surface area contributed by atoms with Gasteiger partial charge >= 0.3 is 0 Å². The van der Waals surface area contributed by atoms with E-state index in [1.165, 1.54) is 11.3 Å². The molecule has 0 fully saturated rings. The SMILES string of the molecule is O=C(COc1ccc(Br)cc1)Nc1nc(-c2ccccc2Cl)cs1. The van der Waals surface area contributed by atoms with E-state index in [4.69, 9.17) is 16.3 Å². The van der Waals surface area contributed by atoms with Crippen LogP contribution in [0.3, 0.4) is 0 Å². The maximum absolute atomic E-state index is 12.0. The molecule has 122 valence electrons. The largest absolute Gasteiger partial charge is 0.484 e. The minimum Gasteiger partial charge on any atom is -0.484 e. The predicted octanol–water partition coefficient (Wildman–Crippen LogP) is 5.24. The molecule has 0 atom stereocenters. The lowest BCUT2D eigenvalue weighted by Crippen LogP contribution is -2.20. The lowest BCUT2D eigenvalue weighted by Gasteiger charge is -2.05. The summed E-state index contributed by atoms with van der Waals surface area (Å²) in [5.74, 6) is 0.363. The van der Waals surface area contributed by atoms with E-state index < -0.39 is 0 Å². The van der Waals surface area contributed by atoms with E-state index in [-0.39, 0.29) is 12.5 Å². The lowest BCUT2D eigenvalue weighted by atomic mass is 10.2. The number of carbonyl (C=O) groups is 1. The summed E-state index contributed by atoms with van der Waals surface area (Å²) in [5.41, 5.74) is 1.57. The Morgan fingerprint density at radius 1 is 1.21 bits per heavy atom. The van der Waals surface area contributed by atoms with E-state index >= 15 is 0 Å². The smallest absolute Gasteiger partial charge is 0.264 e. The zero-order valence-corrected chi connectivity index (χ0v) is 15.5. The zero-order valence-electron chi connectivity index (χ0n) is 12.3. The molecule has 0 radical (unpaired) electrons. The highest BCUT2D eigenvalue weighted by molar-refractivity contribution is 9.10. The van der Waals surface area contributed by atoms with Crippen molar-refractivity contribution in [1.29, 1.82) is 0 Å². The molecule has 1 N–H and O–H groups in total. The number of nitrogens with one attached hydrogen (secondary N) is 1. The molecule has 1 heterocycles. The summed E-state index contributed by atoms with van der Waals surface area (Å²) in [6.45, 7) is -0.0807. The van der Waals surface area contributed by atoms with Crippen molar-refractivity contribution in [2.45, 2.75) is 0 Å². The molecule has 0 unspecified atom stereocenters. The number of thiazole rings is 1. The van der Waals surface area contributed by atoms with Gasteiger partial charge < -0.3 is 4.74 Å². The van der Waals surface area contributed by atoms with Crippen LogP contribution in [0, 0.1) is 0 Å². The number of rotatable bonds is 5. The average molecular weight is 424 g/mol. The Balaban J connectivity index is 1.59. The van der Waals surface area contributed by atoms with Crippen molar-refractivity contribution in [3.05, 3.63) is 63.4 Å². The highest BCUT2D eigenvalue weighted by Crippen LogP contribution is 2.30. The molecule has 7 heteroatoms. The lowest BCUT2D eigenvalue weighted by molar-refractivity contribution is -0.118. The van der Waals surface area contributed by atoms with Crippen LogP contribution in [-0.2, 0) is 4.79 Å². The zero-order chi connectivity index (χ0) is 16.9. The first kappa shape index (κ1) is 17.0. The van der Waals surface area contributed by atoms with Crippen LogP contribution in [0.4, 0.5) is 5.13 Å². The Labute approximate surface area is 156 Å². The number of benzene rings is 2. The number of aromatic nitrogens is 1. The average Bonchev–Trinajstić information content (AvgIpc) is 3.03. The quantitative estimate of drug-likeness (QED) is 0.610. The predicted molar refractivity (Wildman–Crippen MR) is 101 cm³/mol. The minimum absolute atomic E-state index is 0.0807. The molecule has 2 aromatic carbocycles. The summed E-state index contributed by atoms with van der Waals surface area (Å²) in [5, 5.41) is 5.71. The first-order valence-electron chi connectivity index (χ1n) is 7.00. The number of hydrogen-bond donors (Lipinski definition) is 1. The van der Waals surface area contributed by atoms with Crippen molar-refractivity contribution >= 4 is 49.9 Å². The molecule has 0 saturated heterocycles. The Kier molecular flexibility index (Phi) is 5.50. The molecule has 3 aromatic rings. The second-order valence-corrected chi connectivity index (χ2v) is 6.99. The van der Waals surface area contributed by atoms with Gasteiger partial charge in [0.2, 0.25) is 0 Å². The number of anilines is 1. The van der Waals surface area contributed by atoms with Crippen LogP contribution in [0.2, 0.25) is 5.02 Å². The number of nitrogens with zero attached hydrogens (tertiary/aromatic N) is 1. The van der Waals surface area contributed by atoms with E-state index in [0.717, 1.165) is 15.7 Å². The Morgan fingerprint density at radius 3 is 2.71 bits per heavy atom. The normalized spacial score (nSPS) is 10.4. The van der Waals surface area contributed by atoms with Gasteiger partial charge in [0.1, 0.15) is 5.75 Å². The Hall–Kier alpha value is -1.89. The summed E-state index contributed by atoms with van der Waals surface area (Å²) in [6, 6.07) is 14.7. The third-order valence-electron chi connectivity index (χ3n) is 3.08. The van der Waals surface area contributed by atoms with Gasteiger partial charge in [-0.25, -0.2) is 4.98 Å². The van der Waals surface area contributed by atoms with Gasteiger partial charge in [0.15, 0.2) is 11.7 Å². The molecule has 1 amide bonds. The third-order valence-corrected chi connectivity index (χ3v) is 4.70. The van der Waals surface area contributed by atoms with Gasteiger partial charge in [-0.3, -0.25) is 10.1 Å². The molecule has 3 rings (SSSR count). The summed E-state index contributed by atoms with van der Waals surface area (Å²) < 4.78 is 6.38. The molecule has 0 aliphatic heterocycles. The number of halogens is 2. The van der Waals surface area contributed by atoms with Gasteiger partial charge in [0.25, 0.3) is 5.91 Å². The first-order chi connectivity index (χ1) is 11.6. The molecule has 0 aliphatic rings. The van der Waals surface area contributed by atoms with Crippen LogP contribution < -0.4 is 10.1 Å². The first-order valence-corrected chi connectivity index (χ1v) is 9.05. The molecular formula is C17H12BrClN2O2S. The van der Waals surface area contributed by atoms with Crippen LogP contribution in [0.15, 0.2) is 58.4 Å². The number of amides is 1. The van der Waals surface area contributed by atoms with Gasteiger partial charge in [-0.1, -0.05) is 45.7 Å². The second-order valence-electron chi connectivity index (χ2n) is 4.81. The van der Waals surface area contributed by atoms with Gasteiger partial charge in [-0.2, -0.15) is 0 Å². The molecule has 1 aromatic heterocycles. The second kappa shape index (κ2) is 7.79. The topological polar surface area (TPSA) is 51.2 Å². The van der Waals surface area contributed by atoms with Crippen molar-refractivity contribution in [2.24, 2.45) is 0 Å². The fourth-order valence-corrected chi connectivity index (χ4v) is 3.18. The maximum Gasteiger partial charge on any atom is 0.264 e. The highest BCUT2D eigenvalue weighted by atomic mass is 79.9. The molecule has 0 spiro atoms. The van der Waals surface area contributed by atoms with E-state index in [2.05, 4.69) is 26.2 Å². The van der Waals surface area contributed by atoms with E-state index in [0.29, 0.717) is 15.9 Å². The van der Waals surface area contributed by atoms with Crippen LogP contribution >= 0.6 is 38.9 Å². The molecule has 4 nitrogen and oxygen atoms in total. The minimum atomic E-state index is -0.266. The Morgan fingerprint density at radius 2 is 1.96 bits per heavy atom. The number of carbonyl (C=O) groups excluding carboxylic acids is 1. The molecule has 0 bridgehead atoms. The molecule has 24 heavy (non-hydrogen) atoms. The van der Waals surface area contributed by atoms with Crippen molar-refractivity contribution in [3.8, 4) is 17.0 Å². The van der Waals surface area contributed by atoms with Gasteiger partial charge in [-0.05, 0) is 30.3 Å². The van der Waals surface area contributed by atoms with E-state index in [1.807, 2.05) is 35.7 Å². The Bertz CT molecular complexity index is 852. The van der Waals surface area contributed by atoms with Gasteiger partial charge in [0, 0.05) is 20.4 Å². The van der Waals surface area contributed by atoms with Gasteiger partial charge in [-0.15, -0.1) is 11.3 Å². The monoisotopic (exact) mass is 422 g/mol.